The molecule has 0 radical (unpaired) electrons. The maximum Gasteiger partial charge on any atom is 0.308 e. The van der Waals surface area contributed by atoms with Crippen LogP contribution in [0.3, 0.4) is 0 Å². The molecule has 0 fully saturated rings. The van der Waals surface area contributed by atoms with Crippen LogP contribution in [-0.4, -0.2) is 11.0 Å². The van der Waals surface area contributed by atoms with Gasteiger partial charge in [0.25, 0.3) is 0 Å². The monoisotopic (exact) mass is 163 g/mol. The predicted molar refractivity (Wildman–Crippen MR) is 45.0 cm³/mol. The summed E-state index contributed by atoms with van der Waals surface area (Å²) < 4.78 is 4.74. The van der Waals surface area contributed by atoms with Gasteiger partial charge in [-0.1, -0.05) is 12.6 Å². The third-order valence-corrected chi connectivity index (χ3v) is 1.22. The Morgan fingerprint density at radius 2 is 2.33 bits per heavy atom. The van der Waals surface area contributed by atoms with Crippen LogP contribution >= 0.6 is 0 Å². The highest BCUT2D eigenvalue weighted by Crippen LogP contribution is 2.09. The van der Waals surface area contributed by atoms with Crippen LogP contribution in [-0.2, 0) is 9.53 Å². The first-order chi connectivity index (χ1) is 5.70. The van der Waals surface area contributed by atoms with Crippen molar-refractivity contribution < 1.29 is 9.53 Å². The second-order valence-corrected chi connectivity index (χ2v) is 2.23. The molecule has 3 nitrogen and oxygen atoms in total. The molecule has 1 aromatic heterocycles. The first-order valence-corrected chi connectivity index (χ1v) is 3.49. The van der Waals surface area contributed by atoms with Crippen LogP contribution < -0.4 is 0 Å². The minimum Gasteiger partial charge on any atom is -0.425 e. The van der Waals surface area contributed by atoms with Gasteiger partial charge in [-0.3, -0.25) is 9.78 Å². The Hall–Kier alpha value is -1.64. The SMILES string of the molecule is C=C(OC(C)=O)c1ccccn1. The zero-order chi connectivity index (χ0) is 8.97. The molecular formula is C9H9NO2. The highest BCUT2D eigenvalue weighted by molar-refractivity contribution is 5.74. The number of esters is 1. The minimum absolute atomic E-state index is 0.281. The quantitative estimate of drug-likeness (QED) is 0.491. The fraction of sp³-hybridized carbons (Fsp3) is 0.111. The molecule has 0 saturated carbocycles. The van der Waals surface area contributed by atoms with E-state index in [0.717, 1.165) is 0 Å². The third kappa shape index (κ3) is 2.20. The van der Waals surface area contributed by atoms with E-state index in [4.69, 9.17) is 4.74 Å². The molecule has 1 aromatic rings. The van der Waals surface area contributed by atoms with Crippen LogP contribution in [0.1, 0.15) is 12.6 Å². The summed E-state index contributed by atoms with van der Waals surface area (Å²) in [6.07, 6.45) is 1.62. The molecule has 0 amide bonds. The van der Waals surface area contributed by atoms with E-state index in [9.17, 15) is 4.79 Å². The molecule has 0 saturated heterocycles. The number of hydrogen-bond acceptors (Lipinski definition) is 3. The molecule has 12 heavy (non-hydrogen) atoms. The summed E-state index contributed by atoms with van der Waals surface area (Å²) in [6, 6.07) is 5.31. The molecule has 3 heteroatoms. The van der Waals surface area contributed by atoms with E-state index < -0.39 is 0 Å². The Labute approximate surface area is 70.7 Å². The van der Waals surface area contributed by atoms with Crippen molar-refractivity contribution in [2.24, 2.45) is 0 Å². The summed E-state index contributed by atoms with van der Waals surface area (Å²) >= 11 is 0. The second kappa shape index (κ2) is 3.67. The predicted octanol–water partition coefficient (Wildman–Crippen LogP) is 1.62. The number of ether oxygens (including phenoxy) is 1. The molecule has 0 N–H and O–H groups in total. The van der Waals surface area contributed by atoms with Gasteiger partial charge >= 0.3 is 5.97 Å². The largest absolute Gasteiger partial charge is 0.425 e. The van der Waals surface area contributed by atoms with Crippen molar-refractivity contribution in [3.05, 3.63) is 36.7 Å². The summed E-state index contributed by atoms with van der Waals surface area (Å²) in [5.74, 6) is -0.103. The van der Waals surface area contributed by atoms with Gasteiger partial charge in [-0.05, 0) is 12.1 Å². The maximum absolute atomic E-state index is 10.5. The average molecular weight is 163 g/mol. The third-order valence-electron chi connectivity index (χ3n) is 1.22. The van der Waals surface area contributed by atoms with E-state index in [2.05, 4.69) is 11.6 Å². The van der Waals surface area contributed by atoms with Gasteiger partial charge in [-0.25, -0.2) is 0 Å². The highest BCUT2D eigenvalue weighted by Gasteiger charge is 2.02. The molecule has 0 atom stereocenters. The van der Waals surface area contributed by atoms with Gasteiger partial charge < -0.3 is 4.74 Å². The summed E-state index contributed by atoms with van der Waals surface area (Å²) in [5.41, 5.74) is 0.577. The highest BCUT2D eigenvalue weighted by atomic mass is 16.5. The Morgan fingerprint density at radius 3 is 2.83 bits per heavy atom. The Kier molecular flexibility index (Phi) is 2.58. The maximum atomic E-state index is 10.5. The molecule has 0 aliphatic heterocycles. The van der Waals surface area contributed by atoms with Crippen molar-refractivity contribution in [1.82, 2.24) is 4.98 Å². The topological polar surface area (TPSA) is 39.2 Å². The van der Waals surface area contributed by atoms with Crippen molar-refractivity contribution in [2.45, 2.75) is 6.92 Å². The molecule has 1 rings (SSSR count). The normalized spacial score (nSPS) is 9.08. The summed E-state index contributed by atoms with van der Waals surface area (Å²) in [5, 5.41) is 0. The van der Waals surface area contributed by atoms with E-state index in [1.807, 2.05) is 0 Å². The lowest BCUT2D eigenvalue weighted by atomic mass is 10.3. The lowest BCUT2D eigenvalue weighted by molar-refractivity contribution is -0.134. The number of hydrogen-bond donors (Lipinski definition) is 0. The van der Waals surface area contributed by atoms with Gasteiger partial charge in [0.2, 0.25) is 0 Å². The van der Waals surface area contributed by atoms with E-state index in [0.29, 0.717) is 5.69 Å². The molecule has 0 unspecified atom stereocenters. The van der Waals surface area contributed by atoms with Crippen LogP contribution in [0.2, 0.25) is 0 Å². The number of nitrogens with zero attached hydrogens (tertiary/aromatic N) is 1. The van der Waals surface area contributed by atoms with Crippen molar-refractivity contribution in [2.75, 3.05) is 0 Å². The van der Waals surface area contributed by atoms with Gasteiger partial charge in [-0.15, -0.1) is 0 Å². The molecule has 62 valence electrons. The van der Waals surface area contributed by atoms with Gasteiger partial charge in [0.15, 0.2) is 0 Å². The fourth-order valence-electron chi connectivity index (χ4n) is 0.753. The Balaban J connectivity index is 2.73. The molecular weight excluding hydrogens is 154 g/mol. The van der Waals surface area contributed by atoms with Crippen molar-refractivity contribution in [3.8, 4) is 0 Å². The number of carbonyl (C=O) groups excluding carboxylic acids is 1. The molecule has 1 heterocycles. The van der Waals surface area contributed by atoms with E-state index >= 15 is 0 Å². The van der Waals surface area contributed by atoms with Gasteiger partial charge in [0, 0.05) is 13.1 Å². The smallest absolute Gasteiger partial charge is 0.308 e. The first-order valence-electron chi connectivity index (χ1n) is 3.49. The molecule has 0 aliphatic rings. The van der Waals surface area contributed by atoms with E-state index in [-0.39, 0.29) is 11.7 Å². The van der Waals surface area contributed by atoms with Crippen LogP contribution in [0.4, 0.5) is 0 Å². The fourth-order valence-corrected chi connectivity index (χ4v) is 0.753. The summed E-state index contributed by atoms with van der Waals surface area (Å²) in [4.78, 5) is 14.5. The van der Waals surface area contributed by atoms with Crippen molar-refractivity contribution in [1.29, 1.82) is 0 Å². The Morgan fingerprint density at radius 1 is 1.58 bits per heavy atom. The van der Waals surface area contributed by atoms with Crippen LogP contribution in [0.15, 0.2) is 31.0 Å². The summed E-state index contributed by atoms with van der Waals surface area (Å²) in [6.45, 7) is 4.89. The van der Waals surface area contributed by atoms with Crippen molar-refractivity contribution >= 4 is 11.7 Å². The van der Waals surface area contributed by atoms with Gasteiger partial charge in [0.1, 0.15) is 11.5 Å². The molecule has 0 aliphatic carbocycles. The van der Waals surface area contributed by atoms with Crippen molar-refractivity contribution in [3.63, 3.8) is 0 Å². The number of aromatic nitrogens is 1. The lowest BCUT2D eigenvalue weighted by Crippen LogP contribution is -1.98. The van der Waals surface area contributed by atoms with Crippen LogP contribution in [0.5, 0.6) is 0 Å². The standard InChI is InChI=1S/C9H9NO2/c1-7(12-8(2)11)9-5-3-4-6-10-9/h3-6H,1H2,2H3. The zero-order valence-electron chi connectivity index (χ0n) is 6.78. The van der Waals surface area contributed by atoms with Crippen LogP contribution in [0, 0.1) is 0 Å². The second-order valence-electron chi connectivity index (χ2n) is 2.23. The van der Waals surface area contributed by atoms with E-state index in [1.165, 1.54) is 6.92 Å². The lowest BCUT2D eigenvalue weighted by Gasteiger charge is -2.02. The van der Waals surface area contributed by atoms with E-state index in [1.54, 1.807) is 24.4 Å². The Bertz CT molecular complexity index is 293. The van der Waals surface area contributed by atoms with Crippen LogP contribution in [0.25, 0.3) is 5.76 Å². The molecule has 0 spiro atoms. The number of carbonyl (C=O) groups is 1. The molecule has 0 bridgehead atoms. The minimum atomic E-state index is -0.384. The summed E-state index contributed by atoms with van der Waals surface area (Å²) in [7, 11) is 0. The average Bonchev–Trinajstić information content (AvgIpc) is 2.05. The first kappa shape index (κ1) is 8.46. The van der Waals surface area contributed by atoms with Gasteiger partial charge in [0.05, 0.1) is 0 Å². The molecule has 0 aromatic carbocycles. The van der Waals surface area contributed by atoms with Gasteiger partial charge in [-0.2, -0.15) is 0 Å². The number of pyridine rings is 1. The zero-order valence-corrected chi connectivity index (χ0v) is 6.78. The number of rotatable bonds is 2.